The van der Waals surface area contributed by atoms with E-state index in [4.69, 9.17) is 18.9 Å². The summed E-state index contributed by atoms with van der Waals surface area (Å²) in [5.41, 5.74) is 4.88. The molecule has 0 amide bonds. The first-order valence-corrected chi connectivity index (χ1v) is 24.1. The number of carbonyl (C=O) groups is 3. The fraction of sp³-hybridized carbons (Fsp3) is 0.660. The Morgan fingerprint density at radius 2 is 1.12 bits per heavy atom. The third kappa shape index (κ3) is 10.9. The number of aromatic nitrogens is 4. The maximum atomic E-state index is 12.7. The minimum Gasteiger partial charge on any atom is -0.462 e. The SMILES string of the molecule is C1CC1OC1CNC1.CCOC(=O)c1c(C)n([C@H](C)C2CCC(=O)CC2)c2ncccc12.CCOC(=O)c1c(C)n([C@H](C)C2CCC(N3CC(OC4CC4)C3)CC2)c2ncccc12.Cl. The number of hydrogen-bond donors (Lipinski definition) is 1. The normalized spacial score (nSPS) is 22.8. The number of ether oxygens (including phenoxy) is 4. The number of pyridine rings is 2. The van der Waals surface area contributed by atoms with Gasteiger partial charge >= 0.3 is 11.9 Å². The average Bonchev–Trinajstić information content (AvgIpc) is 4.20. The number of nitrogens with one attached hydrogen (secondary N) is 1. The maximum Gasteiger partial charge on any atom is 0.340 e. The molecule has 6 aliphatic rings. The summed E-state index contributed by atoms with van der Waals surface area (Å²) < 4.78 is 26.6. The van der Waals surface area contributed by atoms with E-state index >= 15 is 0 Å². The number of Topliss-reactive ketones (excluding diaryl/α,β-unsaturated/α-hetero) is 1. The number of rotatable bonds is 13. The fourth-order valence-corrected chi connectivity index (χ4v) is 10.4. The van der Waals surface area contributed by atoms with E-state index in [1.807, 2.05) is 58.2 Å². The summed E-state index contributed by atoms with van der Waals surface area (Å²) in [5.74, 6) is 0.848. The number of ketones is 1. The van der Waals surface area contributed by atoms with E-state index in [2.05, 4.69) is 43.2 Å². The van der Waals surface area contributed by atoms with Gasteiger partial charge in [0.1, 0.15) is 17.1 Å². The molecule has 4 aromatic heterocycles. The molecule has 4 saturated carbocycles. The van der Waals surface area contributed by atoms with Crippen LogP contribution in [0, 0.1) is 25.7 Å². The van der Waals surface area contributed by atoms with Gasteiger partial charge in [-0.05, 0) is 142 Å². The molecule has 1 N–H and O–H groups in total. The fourth-order valence-electron chi connectivity index (χ4n) is 10.4. The van der Waals surface area contributed by atoms with Crippen LogP contribution in [0.25, 0.3) is 22.1 Å². The molecule has 10 rings (SSSR count). The minimum absolute atomic E-state index is 0. The van der Waals surface area contributed by atoms with E-state index in [0.29, 0.717) is 91.3 Å². The third-order valence-electron chi connectivity index (χ3n) is 14.4. The summed E-state index contributed by atoms with van der Waals surface area (Å²) in [4.78, 5) is 48.4. The molecule has 350 valence electrons. The van der Waals surface area contributed by atoms with Gasteiger partial charge in [-0.1, -0.05) is 0 Å². The molecule has 0 radical (unpaired) electrons. The highest BCUT2D eigenvalue weighted by molar-refractivity contribution is 6.05. The molecule has 6 heterocycles. The predicted molar refractivity (Wildman–Crippen MR) is 250 cm³/mol. The quantitative estimate of drug-likeness (QED) is 0.129. The van der Waals surface area contributed by atoms with Crippen LogP contribution < -0.4 is 5.32 Å². The molecule has 14 heteroatoms. The molecule has 0 aromatic carbocycles. The highest BCUT2D eigenvalue weighted by atomic mass is 35.5. The lowest BCUT2D eigenvalue weighted by Crippen LogP contribution is -2.57. The first kappa shape index (κ1) is 48.1. The first-order chi connectivity index (χ1) is 30.6. The Bertz CT molecular complexity index is 2210. The van der Waals surface area contributed by atoms with E-state index in [-0.39, 0.29) is 30.4 Å². The van der Waals surface area contributed by atoms with Gasteiger partial charge in [0.15, 0.2) is 0 Å². The largest absolute Gasteiger partial charge is 0.462 e. The Labute approximate surface area is 385 Å². The van der Waals surface area contributed by atoms with Gasteiger partial charge in [-0.15, -0.1) is 12.4 Å². The van der Waals surface area contributed by atoms with Crippen molar-refractivity contribution in [3.63, 3.8) is 0 Å². The zero-order valence-corrected chi connectivity index (χ0v) is 39.7. The van der Waals surface area contributed by atoms with Crippen LogP contribution in [0.5, 0.6) is 0 Å². The van der Waals surface area contributed by atoms with Crippen LogP contribution >= 0.6 is 12.4 Å². The number of nitrogens with zero attached hydrogens (tertiary/aromatic N) is 5. The summed E-state index contributed by atoms with van der Waals surface area (Å²) in [5, 5.41) is 4.91. The smallest absolute Gasteiger partial charge is 0.340 e. The molecule has 4 aromatic rings. The standard InChI is InChI=1S/C25H35N3O3.C19H24N2O3.C6H11NO.ClH/c1-4-30-25(29)23-17(3)28(24-22(23)6-5-13-26-24)16(2)18-7-9-19(10-8-18)27-14-21(15-27)31-20-11-12-20;1-4-24-19(23)17-13(3)21(18-16(17)6-5-11-20-18)12(2)14-7-9-15(22)10-8-14;1-2-5(1)8-6-3-7-4-6;/h5-6,13,16,18-21H,4,7-12,14-15H2,1-3H3;5-6,11-12,14H,4,7-10H2,1-3H3;5-7H,1-4H2;1H/t16-,18?,19?;12-;;/m11../s1. The Hall–Kier alpha value is -3.88. The van der Waals surface area contributed by atoms with Crippen LogP contribution in [0.15, 0.2) is 36.7 Å². The van der Waals surface area contributed by atoms with Crippen LogP contribution in [0.1, 0.15) is 149 Å². The van der Waals surface area contributed by atoms with Gasteiger partial charge in [0, 0.05) is 91.7 Å². The average molecular weight is 904 g/mol. The van der Waals surface area contributed by atoms with E-state index in [9.17, 15) is 14.4 Å². The van der Waals surface area contributed by atoms with Gasteiger partial charge in [-0.2, -0.15) is 0 Å². The number of likely N-dealkylation sites (tertiary alicyclic amines) is 1. The van der Waals surface area contributed by atoms with Crippen LogP contribution in [-0.4, -0.2) is 112 Å². The molecular weight excluding hydrogens is 832 g/mol. The molecule has 0 bridgehead atoms. The van der Waals surface area contributed by atoms with Crippen molar-refractivity contribution in [1.82, 2.24) is 29.3 Å². The lowest BCUT2D eigenvalue weighted by atomic mass is 9.80. The molecule has 0 unspecified atom stereocenters. The highest BCUT2D eigenvalue weighted by Crippen LogP contribution is 2.41. The van der Waals surface area contributed by atoms with Crippen molar-refractivity contribution >= 4 is 52.2 Å². The van der Waals surface area contributed by atoms with Crippen molar-refractivity contribution in [2.24, 2.45) is 11.8 Å². The molecule has 6 fully saturated rings. The zero-order valence-electron chi connectivity index (χ0n) is 38.9. The van der Waals surface area contributed by atoms with Gasteiger partial charge < -0.3 is 33.4 Å². The Morgan fingerprint density at radius 3 is 1.55 bits per heavy atom. The van der Waals surface area contributed by atoms with Gasteiger partial charge in [0.05, 0.1) is 48.8 Å². The number of hydrogen-bond acceptors (Lipinski definition) is 11. The lowest BCUT2D eigenvalue weighted by molar-refractivity contribution is -0.121. The molecule has 64 heavy (non-hydrogen) atoms. The van der Waals surface area contributed by atoms with E-state index in [1.54, 1.807) is 6.20 Å². The molecular formula is C50H71ClN6O7. The lowest BCUT2D eigenvalue weighted by Gasteiger charge is -2.47. The summed E-state index contributed by atoms with van der Waals surface area (Å²) in [6.07, 6.45) is 19.0. The first-order valence-electron chi connectivity index (χ1n) is 24.1. The van der Waals surface area contributed by atoms with E-state index < -0.39 is 0 Å². The van der Waals surface area contributed by atoms with Crippen LogP contribution in [0.2, 0.25) is 0 Å². The third-order valence-corrected chi connectivity index (χ3v) is 14.4. The maximum absolute atomic E-state index is 12.7. The van der Waals surface area contributed by atoms with Crippen LogP contribution in [0.3, 0.4) is 0 Å². The molecule has 2 aliphatic heterocycles. The van der Waals surface area contributed by atoms with Crippen LogP contribution in [0.4, 0.5) is 0 Å². The number of esters is 2. The zero-order chi connectivity index (χ0) is 44.2. The molecule has 13 nitrogen and oxygen atoms in total. The van der Waals surface area contributed by atoms with Crippen molar-refractivity contribution < 1.29 is 33.3 Å². The Balaban J connectivity index is 0.000000164. The number of carbonyl (C=O) groups excluding carboxylic acids is 3. The van der Waals surface area contributed by atoms with Crippen LogP contribution in [-0.2, 0) is 23.7 Å². The number of fused-ring (bicyclic) bond motifs is 2. The van der Waals surface area contributed by atoms with E-state index in [0.717, 1.165) is 72.5 Å². The van der Waals surface area contributed by atoms with Crippen molar-refractivity contribution in [3.05, 3.63) is 59.2 Å². The van der Waals surface area contributed by atoms with E-state index in [1.165, 1.54) is 51.4 Å². The Morgan fingerprint density at radius 1 is 0.672 bits per heavy atom. The molecule has 0 spiro atoms. The summed E-state index contributed by atoms with van der Waals surface area (Å²) in [6, 6.07) is 8.87. The molecule has 2 atom stereocenters. The Kier molecular flexibility index (Phi) is 16.2. The molecule has 4 aliphatic carbocycles. The van der Waals surface area contributed by atoms with Crippen molar-refractivity contribution in [3.8, 4) is 0 Å². The van der Waals surface area contributed by atoms with Crippen molar-refractivity contribution in [1.29, 1.82) is 0 Å². The van der Waals surface area contributed by atoms with Gasteiger partial charge in [0.25, 0.3) is 0 Å². The summed E-state index contributed by atoms with van der Waals surface area (Å²) in [7, 11) is 0. The predicted octanol–water partition coefficient (Wildman–Crippen LogP) is 8.91. The second-order valence-electron chi connectivity index (χ2n) is 18.8. The topological polar surface area (TPSA) is 139 Å². The van der Waals surface area contributed by atoms with Gasteiger partial charge in [-0.25, -0.2) is 19.6 Å². The summed E-state index contributed by atoms with van der Waals surface area (Å²) in [6.45, 7) is 17.3. The second kappa shape index (κ2) is 21.6. The monoisotopic (exact) mass is 903 g/mol. The van der Waals surface area contributed by atoms with Crippen molar-refractivity contribution in [2.45, 2.75) is 161 Å². The minimum atomic E-state index is -0.294. The van der Waals surface area contributed by atoms with Crippen molar-refractivity contribution in [2.75, 3.05) is 39.4 Å². The van der Waals surface area contributed by atoms with Gasteiger partial charge in [0.2, 0.25) is 0 Å². The highest BCUT2D eigenvalue weighted by Gasteiger charge is 2.39. The summed E-state index contributed by atoms with van der Waals surface area (Å²) >= 11 is 0. The number of halogens is 1. The molecule has 2 saturated heterocycles. The van der Waals surface area contributed by atoms with Gasteiger partial charge in [-0.3, -0.25) is 9.69 Å². The second-order valence-corrected chi connectivity index (χ2v) is 18.8.